The first kappa shape index (κ1) is 9.89. The van der Waals surface area contributed by atoms with Crippen molar-refractivity contribution in [3.8, 4) is 5.75 Å². The van der Waals surface area contributed by atoms with Crippen LogP contribution in [0, 0.1) is 3.57 Å². The molecular formula is C12H9IN2O. The van der Waals surface area contributed by atoms with E-state index in [0.29, 0.717) is 6.61 Å². The number of rotatable bonds is 1. The first-order valence-electron chi connectivity index (χ1n) is 4.97. The number of halogens is 1. The van der Waals surface area contributed by atoms with E-state index in [1.807, 2.05) is 12.3 Å². The molecular weight excluding hydrogens is 315 g/mol. The lowest BCUT2D eigenvalue weighted by molar-refractivity contribution is 0.355. The Morgan fingerprint density at radius 1 is 1.38 bits per heavy atom. The molecule has 0 aliphatic carbocycles. The maximum atomic E-state index is 5.66. The van der Waals surface area contributed by atoms with Gasteiger partial charge in [-0.3, -0.25) is 0 Å². The second-order valence-electron chi connectivity index (χ2n) is 3.51. The highest BCUT2D eigenvalue weighted by Gasteiger charge is 2.17. The zero-order valence-electron chi connectivity index (χ0n) is 8.40. The van der Waals surface area contributed by atoms with E-state index in [0.717, 1.165) is 26.2 Å². The Bertz CT molecular complexity index is 546. The van der Waals surface area contributed by atoms with Gasteiger partial charge >= 0.3 is 0 Å². The molecule has 2 aromatic rings. The number of aromatic amines is 1. The average molecular weight is 324 g/mol. The van der Waals surface area contributed by atoms with Gasteiger partial charge in [-0.1, -0.05) is 12.1 Å². The van der Waals surface area contributed by atoms with E-state index >= 15 is 0 Å². The van der Waals surface area contributed by atoms with Crippen LogP contribution >= 0.6 is 22.6 Å². The minimum atomic E-state index is 0.612. The van der Waals surface area contributed by atoms with Gasteiger partial charge in [-0.25, -0.2) is 4.98 Å². The molecule has 0 spiro atoms. The van der Waals surface area contributed by atoms with Gasteiger partial charge in [-0.15, -0.1) is 0 Å². The molecule has 0 atom stereocenters. The topological polar surface area (TPSA) is 37.9 Å². The van der Waals surface area contributed by atoms with Crippen molar-refractivity contribution < 1.29 is 4.74 Å². The summed E-state index contributed by atoms with van der Waals surface area (Å²) < 4.78 is 6.80. The number of hydrogen-bond donors (Lipinski definition) is 1. The summed E-state index contributed by atoms with van der Waals surface area (Å²) in [6.07, 6.45) is 5.60. The molecule has 4 heteroatoms. The third-order valence-electron chi connectivity index (χ3n) is 2.56. The Hall–Kier alpha value is -1.30. The van der Waals surface area contributed by atoms with Gasteiger partial charge in [0.25, 0.3) is 0 Å². The summed E-state index contributed by atoms with van der Waals surface area (Å²) in [5.41, 5.74) is 3.33. The first-order chi connectivity index (χ1) is 7.86. The van der Waals surface area contributed by atoms with Crippen molar-refractivity contribution in [1.29, 1.82) is 0 Å². The summed E-state index contributed by atoms with van der Waals surface area (Å²) in [6.45, 7) is 0.612. The number of nitrogens with zero attached hydrogens (tertiary/aromatic N) is 1. The lowest BCUT2D eigenvalue weighted by Gasteiger charge is -2.18. The number of benzene rings is 1. The summed E-state index contributed by atoms with van der Waals surface area (Å²) >= 11 is 2.29. The van der Waals surface area contributed by atoms with Crippen LogP contribution in [-0.4, -0.2) is 16.6 Å². The van der Waals surface area contributed by atoms with Crippen molar-refractivity contribution in [3.05, 3.63) is 51.6 Å². The fourth-order valence-electron chi connectivity index (χ4n) is 1.84. The normalized spacial score (nSPS) is 13.9. The number of nitrogens with one attached hydrogen (secondary N) is 1. The van der Waals surface area contributed by atoms with Crippen LogP contribution in [-0.2, 0) is 0 Å². The van der Waals surface area contributed by atoms with E-state index in [-0.39, 0.29) is 0 Å². The predicted molar refractivity (Wildman–Crippen MR) is 70.3 cm³/mol. The van der Waals surface area contributed by atoms with E-state index in [2.05, 4.69) is 50.8 Å². The SMILES string of the molecule is Ic1cccc2c1OCC=C2c1cnc[nH]1. The molecule has 1 aliphatic rings. The lowest BCUT2D eigenvalue weighted by atomic mass is 10.0. The summed E-state index contributed by atoms with van der Waals surface area (Å²) in [5, 5.41) is 0. The van der Waals surface area contributed by atoms with Crippen LogP contribution in [0.1, 0.15) is 11.3 Å². The van der Waals surface area contributed by atoms with Crippen molar-refractivity contribution in [2.45, 2.75) is 0 Å². The highest BCUT2D eigenvalue weighted by molar-refractivity contribution is 14.1. The van der Waals surface area contributed by atoms with Crippen molar-refractivity contribution in [2.75, 3.05) is 6.61 Å². The molecule has 2 heterocycles. The Kier molecular flexibility index (Phi) is 2.43. The molecule has 3 nitrogen and oxygen atoms in total. The number of aromatic nitrogens is 2. The Labute approximate surface area is 107 Å². The molecule has 0 bridgehead atoms. The summed E-state index contributed by atoms with van der Waals surface area (Å²) in [4.78, 5) is 7.18. The number of hydrogen-bond acceptors (Lipinski definition) is 2. The number of fused-ring (bicyclic) bond motifs is 1. The monoisotopic (exact) mass is 324 g/mol. The molecule has 0 unspecified atom stereocenters. The molecule has 0 radical (unpaired) electrons. The minimum Gasteiger partial charge on any atom is -0.488 e. The summed E-state index contributed by atoms with van der Waals surface area (Å²) in [7, 11) is 0. The van der Waals surface area contributed by atoms with Crippen molar-refractivity contribution in [2.24, 2.45) is 0 Å². The van der Waals surface area contributed by atoms with Gasteiger partial charge in [0.2, 0.25) is 0 Å². The molecule has 1 aromatic carbocycles. The number of imidazole rings is 1. The van der Waals surface area contributed by atoms with Crippen LogP contribution in [0.25, 0.3) is 5.57 Å². The fraction of sp³-hybridized carbons (Fsp3) is 0.0833. The van der Waals surface area contributed by atoms with Crippen LogP contribution < -0.4 is 4.74 Å². The number of para-hydroxylation sites is 1. The van der Waals surface area contributed by atoms with Gasteiger partial charge in [-0.05, 0) is 34.7 Å². The zero-order chi connectivity index (χ0) is 11.0. The Balaban J connectivity index is 2.17. The highest BCUT2D eigenvalue weighted by atomic mass is 127. The molecule has 16 heavy (non-hydrogen) atoms. The molecule has 0 saturated heterocycles. The smallest absolute Gasteiger partial charge is 0.140 e. The predicted octanol–water partition coefficient (Wildman–Crippen LogP) is 2.84. The van der Waals surface area contributed by atoms with Crippen LogP contribution in [0.3, 0.4) is 0 Å². The highest BCUT2D eigenvalue weighted by Crippen LogP contribution is 2.36. The van der Waals surface area contributed by atoms with E-state index in [9.17, 15) is 0 Å². The first-order valence-corrected chi connectivity index (χ1v) is 6.05. The fourth-order valence-corrected chi connectivity index (χ4v) is 2.50. The number of H-pyrrole nitrogens is 1. The largest absolute Gasteiger partial charge is 0.488 e. The van der Waals surface area contributed by atoms with E-state index in [1.54, 1.807) is 6.33 Å². The van der Waals surface area contributed by atoms with Gasteiger partial charge in [0.05, 0.1) is 21.8 Å². The average Bonchev–Trinajstić information content (AvgIpc) is 2.82. The third-order valence-corrected chi connectivity index (χ3v) is 3.41. The second kappa shape index (κ2) is 3.93. The van der Waals surface area contributed by atoms with Crippen LogP contribution in [0.4, 0.5) is 0 Å². The lowest BCUT2D eigenvalue weighted by Crippen LogP contribution is -2.06. The van der Waals surface area contributed by atoms with Gasteiger partial charge in [0.15, 0.2) is 0 Å². The molecule has 80 valence electrons. The quantitative estimate of drug-likeness (QED) is 0.819. The van der Waals surface area contributed by atoms with Crippen molar-refractivity contribution in [3.63, 3.8) is 0 Å². The molecule has 0 saturated carbocycles. The Morgan fingerprint density at radius 2 is 2.31 bits per heavy atom. The molecule has 1 N–H and O–H groups in total. The Morgan fingerprint density at radius 3 is 3.12 bits per heavy atom. The summed E-state index contributed by atoms with van der Waals surface area (Å²) in [5.74, 6) is 0.968. The van der Waals surface area contributed by atoms with Crippen LogP contribution in [0.5, 0.6) is 5.75 Å². The maximum absolute atomic E-state index is 5.66. The van der Waals surface area contributed by atoms with E-state index < -0.39 is 0 Å². The second-order valence-corrected chi connectivity index (χ2v) is 4.67. The molecule has 1 aliphatic heterocycles. The molecule has 0 amide bonds. The van der Waals surface area contributed by atoms with Crippen LogP contribution in [0.15, 0.2) is 36.8 Å². The van der Waals surface area contributed by atoms with Gasteiger partial charge < -0.3 is 9.72 Å². The molecule has 1 aromatic heterocycles. The van der Waals surface area contributed by atoms with Gasteiger partial charge in [0.1, 0.15) is 12.4 Å². The zero-order valence-corrected chi connectivity index (χ0v) is 10.6. The molecule has 3 rings (SSSR count). The number of ether oxygens (including phenoxy) is 1. The minimum absolute atomic E-state index is 0.612. The van der Waals surface area contributed by atoms with Crippen LogP contribution in [0.2, 0.25) is 0 Å². The van der Waals surface area contributed by atoms with E-state index in [4.69, 9.17) is 4.74 Å². The standard InChI is InChI=1S/C12H9IN2O/c13-10-3-1-2-9-8(4-5-16-12(9)10)11-6-14-7-15-11/h1-4,6-7H,5H2,(H,14,15). The third kappa shape index (κ3) is 1.53. The van der Waals surface area contributed by atoms with Crippen molar-refractivity contribution in [1.82, 2.24) is 9.97 Å². The maximum Gasteiger partial charge on any atom is 0.140 e. The van der Waals surface area contributed by atoms with Gasteiger partial charge in [0, 0.05) is 11.1 Å². The van der Waals surface area contributed by atoms with E-state index in [1.165, 1.54) is 0 Å². The molecule has 0 fully saturated rings. The van der Waals surface area contributed by atoms with Gasteiger partial charge in [-0.2, -0.15) is 0 Å². The van der Waals surface area contributed by atoms with Crippen molar-refractivity contribution >= 4 is 28.2 Å². The summed E-state index contributed by atoms with van der Waals surface area (Å²) in [6, 6.07) is 6.16.